The van der Waals surface area contributed by atoms with E-state index in [4.69, 9.17) is 5.11 Å². The Balaban J connectivity index is 0.000000187. The summed E-state index contributed by atoms with van der Waals surface area (Å²) in [5, 5.41) is 8.37. The van der Waals surface area contributed by atoms with Crippen molar-refractivity contribution in [2.24, 2.45) is 0 Å². The molecule has 2 rings (SSSR count). The van der Waals surface area contributed by atoms with Gasteiger partial charge in [0.2, 0.25) is 0 Å². The Kier molecular flexibility index (Phi) is 3.85. The van der Waals surface area contributed by atoms with Crippen molar-refractivity contribution in [2.75, 3.05) is 0 Å². The van der Waals surface area contributed by atoms with Gasteiger partial charge in [0.25, 0.3) is 0 Å². The van der Waals surface area contributed by atoms with Crippen LogP contribution in [0.2, 0.25) is 0 Å². The van der Waals surface area contributed by atoms with Crippen LogP contribution in [0.5, 0.6) is 0 Å². The number of ether oxygens (including phenoxy) is 1. The quantitative estimate of drug-likeness (QED) is 0.742. The Hall–Kier alpha value is -1.84. The third-order valence-electron chi connectivity index (χ3n) is 1.77. The Bertz CT molecular complexity index is 345. The van der Waals surface area contributed by atoms with E-state index in [2.05, 4.69) is 4.74 Å². The first-order valence-corrected chi connectivity index (χ1v) is 4.56. The van der Waals surface area contributed by atoms with Gasteiger partial charge in [-0.2, -0.15) is 0 Å². The van der Waals surface area contributed by atoms with Crippen LogP contribution >= 0.6 is 0 Å². The van der Waals surface area contributed by atoms with Crippen molar-refractivity contribution in [1.29, 1.82) is 0 Å². The minimum atomic E-state index is -0.786. The largest absolute Gasteiger partial charge is 0.481 e. The number of aliphatic carboxylic acids is 1. The fourth-order valence-electron chi connectivity index (χ4n) is 0.911. The molecule has 1 fully saturated rings. The van der Waals surface area contributed by atoms with Gasteiger partial charge < -0.3 is 9.84 Å². The first-order chi connectivity index (χ1) is 7.09. The van der Waals surface area contributed by atoms with E-state index in [1.807, 2.05) is 18.2 Å². The second-order valence-electron chi connectivity index (χ2n) is 3.14. The molecule has 1 aliphatic rings. The van der Waals surface area contributed by atoms with Crippen molar-refractivity contribution in [2.45, 2.75) is 19.4 Å². The van der Waals surface area contributed by atoms with Crippen LogP contribution in [-0.2, 0) is 20.7 Å². The second kappa shape index (κ2) is 5.14. The smallest absolute Gasteiger partial charge is 0.347 e. The molecule has 1 unspecified atom stereocenters. The van der Waals surface area contributed by atoms with Gasteiger partial charge in [0.05, 0.1) is 6.42 Å². The summed E-state index contributed by atoms with van der Waals surface area (Å²) in [6.45, 7) is 1.72. The lowest BCUT2D eigenvalue weighted by Gasteiger charge is -1.92. The highest BCUT2D eigenvalue weighted by molar-refractivity contribution is 5.86. The zero-order valence-electron chi connectivity index (χ0n) is 8.34. The lowest BCUT2D eigenvalue weighted by atomic mass is 10.2. The number of benzene rings is 1. The summed E-state index contributed by atoms with van der Waals surface area (Å²) in [5.74, 6) is -0.865. The Labute approximate surface area is 87.5 Å². The number of cyclic esters (lactones) is 1. The molecule has 1 aromatic rings. The SMILES string of the molecule is CC1OC1=O.O=C(O)Cc1ccccc1. The molecule has 0 amide bonds. The van der Waals surface area contributed by atoms with Gasteiger partial charge in [-0.15, -0.1) is 0 Å². The first kappa shape index (κ1) is 11.2. The molecule has 1 heterocycles. The van der Waals surface area contributed by atoms with Gasteiger partial charge in [-0.1, -0.05) is 30.3 Å². The molecular formula is C11H12O4. The molecule has 1 atom stereocenters. The number of hydrogen-bond donors (Lipinski definition) is 1. The van der Waals surface area contributed by atoms with Gasteiger partial charge in [-0.3, -0.25) is 4.79 Å². The molecule has 0 spiro atoms. The van der Waals surface area contributed by atoms with Gasteiger partial charge in [0, 0.05) is 0 Å². The van der Waals surface area contributed by atoms with E-state index in [0.717, 1.165) is 5.56 Å². The summed E-state index contributed by atoms with van der Waals surface area (Å²) in [7, 11) is 0. The number of carboxylic acid groups (broad SMARTS) is 1. The molecule has 0 bridgehead atoms. The fourth-order valence-corrected chi connectivity index (χ4v) is 0.911. The topological polar surface area (TPSA) is 66.9 Å². The van der Waals surface area contributed by atoms with Gasteiger partial charge in [-0.25, -0.2) is 4.79 Å². The molecule has 1 aliphatic heterocycles. The summed E-state index contributed by atoms with van der Waals surface area (Å²) >= 11 is 0. The number of carbonyl (C=O) groups excluding carboxylic acids is 1. The molecule has 80 valence electrons. The standard InChI is InChI=1S/C8H8O2.C3H4O2/c9-8(10)6-7-4-2-1-3-5-7;1-2-3(4)5-2/h1-5H,6H2,(H,9,10);2H,1H3. The molecule has 1 N–H and O–H groups in total. The van der Waals surface area contributed by atoms with E-state index in [1.54, 1.807) is 19.1 Å². The molecule has 1 saturated heterocycles. The molecule has 0 radical (unpaired) electrons. The predicted molar refractivity (Wildman–Crippen MR) is 53.3 cm³/mol. The number of carboxylic acids is 1. The molecular weight excluding hydrogens is 196 g/mol. The summed E-state index contributed by atoms with van der Waals surface area (Å²) in [6, 6.07) is 9.13. The van der Waals surface area contributed by atoms with Crippen LogP contribution in [0.4, 0.5) is 0 Å². The third kappa shape index (κ3) is 4.81. The van der Waals surface area contributed by atoms with Crippen molar-refractivity contribution in [3.63, 3.8) is 0 Å². The van der Waals surface area contributed by atoms with Crippen molar-refractivity contribution in [1.82, 2.24) is 0 Å². The minimum absolute atomic E-state index is 0.0787. The molecule has 0 saturated carbocycles. The van der Waals surface area contributed by atoms with Crippen molar-refractivity contribution >= 4 is 11.9 Å². The average molecular weight is 208 g/mol. The lowest BCUT2D eigenvalue weighted by Crippen LogP contribution is -1.98. The fraction of sp³-hybridized carbons (Fsp3) is 0.273. The maximum absolute atomic E-state index is 10.2. The van der Waals surface area contributed by atoms with E-state index in [0.29, 0.717) is 0 Å². The highest BCUT2D eigenvalue weighted by Crippen LogP contribution is 2.08. The zero-order chi connectivity index (χ0) is 11.3. The monoisotopic (exact) mass is 208 g/mol. The highest BCUT2D eigenvalue weighted by Gasteiger charge is 2.31. The van der Waals surface area contributed by atoms with Crippen LogP contribution in [0.15, 0.2) is 30.3 Å². The number of hydrogen-bond acceptors (Lipinski definition) is 3. The second-order valence-corrected chi connectivity index (χ2v) is 3.14. The summed E-state index contributed by atoms with van der Waals surface area (Å²) in [6.07, 6.45) is 0.0240. The first-order valence-electron chi connectivity index (χ1n) is 4.56. The molecule has 1 aromatic carbocycles. The van der Waals surface area contributed by atoms with Gasteiger partial charge >= 0.3 is 11.9 Å². The summed E-state index contributed by atoms with van der Waals surface area (Å²) in [5.41, 5.74) is 0.843. The van der Waals surface area contributed by atoms with Crippen LogP contribution in [0.25, 0.3) is 0 Å². The Morgan fingerprint density at radius 1 is 1.40 bits per heavy atom. The normalized spacial score (nSPS) is 17.1. The van der Waals surface area contributed by atoms with Crippen molar-refractivity contribution < 1.29 is 19.4 Å². The Morgan fingerprint density at radius 2 is 1.87 bits per heavy atom. The van der Waals surface area contributed by atoms with Gasteiger partial charge in [0.15, 0.2) is 6.10 Å². The molecule has 0 aliphatic carbocycles. The Morgan fingerprint density at radius 3 is 2.20 bits per heavy atom. The van der Waals surface area contributed by atoms with E-state index in [9.17, 15) is 9.59 Å². The molecule has 4 nitrogen and oxygen atoms in total. The van der Waals surface area contributed by atoms with Crippen molar-refractivity contribution in [3.05, 3.63) is 35.9 Å². The average Bonchev–Trinajstić information content (AvgIpc) is 2.81. The summed E-state index contributed by atoms with van der Waals surface area (Å²) in [4.78, 5) is 19.8. The lowest BCUT2D eigenvalue weighted by molar-refractivity contribution is -0.136. The number of rotatable bonds is 2. The van der Waals surface area contributed by atoms with E-state index in [1.165, 1.54) is 0 Å². The maximum atomic E-state index is 10.2. The van der Waals surface area contributed by atoms with Crippen LogP contribution in [0.3, 0.4) is 0 Å². The van der Waals surface area contributed by atoms with Crippen LogP contribution < -0.4 is 0 Å². The van der Waals surface area contributed by atoms with E-state index < -0.39 is 5.97 Å². The van der Waals surface area contributed by atoms with E-state index in [-0.39, 0.29) is 18.5 Å². The zero-order valence-corrected chi connectivity index (χ0v) is 8.34. The van der Waals surface area contributed by atoms with Gasteiger partial charge in [0.1, 0.15) is 0 Å². The van der Waals surface area contributed by atoms with Crippen LogP contribution in [-0.4, -0.2) is 23.1 Å². The summed E-state index contributed by atoms with van der Waals surface area (Å²) < 4.78 is 4.28. The number of epoxide rings is 1. The van der Waals surface area contributed by atoms with E-state index >= 15 is 0 Å². The number of carbonyl (C=O) groups is 2. The highest BCUT2D eigenvalue weighted by atomic mass is 16.6. The van der Waals surface area contributed by atoms with Crippen LogP contribution in [0.1, 0.15) is 12.5 Å². The minimum Gasteiger partial charge on any atom is -0.481 e. The third-order valence-corrected chi connectivity index (χ3v) is 1.77. The van der Waals surface area contributed by atoms with Crippen molar-refractivity contribution in [3.8, 4) is 0 Å². The molecule has 0 aromatic heterocycles. The van der Waals surface area contributed by atoms with Gasteiger partial charge in [-0.05, 0) is 12.5 Å². The molecule has 15 heavy (non-hydrogen) atoms. The maximum Gasteiger partial charge on any atom is 0.347 e. The van der Waals surface area contributed by atoms with Crippen LogP contribution in [0, 0.1) is 0 Å². The predicted octanol–water partition coefficient (Wildman–Crippen LogP) is 1.25. The molecule has 4 heteroatoms.